The predicted molar refractivity (Wildman–Crippen MR) is 114 cm³/mol. The first-order valence-corrected chi connectivity index (χ1v) is 10.6. The Balaban J connectivity index is 1.47. The van der Waals surface area contributed by atoms with Crippen LogP contribution in [0.4, 0.5) is 5.82 Å². The molecule has 0 radical (unpaired) electrons. The van der Waals surface area contributed by atoms with Gasteiger partial charge in [-0.25, -0.2) is 4.98 Å². The summed E-state index contributed by atoms with van der Waals surface area (Å²) in [5, 5.41) is 0.459. The molecule has 152 valence electrons. The lowest BCUT2D eigenvalue weighted by Gasteiger charge is -2.25. The lowest BCUT2D eigenvalue weighted by atomic mass is 10.2. The summed E-state index contributed by atoms with van der Waals surface area (Å²) in [4.78, 5) is 36.5. The van der Waals surface area contributed by atoms with Gasteiger partial charge in [0.1, 0.15) is 5.82 Å². The number of pyridine rings is 1. The molecule has 2 aliphatic heterocycles. The van der Waals surface area contributed by atoms with Gasteiger partial charge < -0.3 is 14.7 Å². The van der Waals surface area contributed by atoms with Gasteiger partial charge in [-0.3, -0.25) is 9.59 Å². The molecule has 6 nitrogen and oxygen atoms in total. The molecule has 0 saturated carbocycles. The second-order valence-corrected chi connectivity index (χ2v) is 7.89. The van der Waals surface area contributed by atoms with Gasteiger partial charge in [-0.15, -0.1) is 0 Å². The Hall–Kier alpha value is -2.60. The molecule has 1 aromatic carbocycles. The number of hydrogen-bond acceptors (Lipinski definition) is 4. The monoisotopic (exact) mass is 412 g/mol. The van der Waals surface area contributed by atoms with Crippen LogP contribution in [0.1, 0.15) is 40.0 Å². The van der Waals surface area contributed by atoms with Gasteiger partial charge in [-0.1, -0.05) is 23.7 Å². The van der Waals surface area contributed by atoms with E-state index in [0.29, 0.717) is 42.3 Å². The lowest BCUT2D eigenvalue weighted by molar-refractivity contribution is 0.0719. The second kappa shape index (κ2) is 8.82. The zero-order valence-corrected chi connectivity index (χ0v) is 17.1. The maximum Gasteiger partial charge on any atom is 0.257 e. The topological polar surface area (TPSA) is 56.8 Å². The fourth-order valence-corrected chi connectivity index (χ4v) is 4.26. The Kier molecular flexibility index (Phi) is 6.00. The first kappa shape index (κ1) is 19.7. The highest BCUT2D eigenvalue weighted by molar-refractivity contribution is 6.33. The molecule has 7 heteroatoms. The molecule has 4 rings (SSSR count). The summed E-state index contributed by atoms with van der Waals surface area (Å²) >= 11 is 6.19. The van der Waals surface area contributed by atoms with Crippen molar-refractivity contribution < 1.29 is 9.59 Å². The summed E-state index contributed by atoms with van der Waals surface area (Å²) in [6.45, 7) is 4.12. The van der Waals surface area contributed by atoms with Crippen LogP contribution in [0, 0.1) is 0 Å². The molecule has 3 heterocycles. The van der Waals surface area contributed by atoms with Crippen LogP contribution >= 0.6 is 11.6 Å². The molecular weight excluding hydrogens is 388 g/mol. The van der Waals surface area contributed by atoms with E-state index < -0.39 is 0 Å². The second-order valence-electron chi connectivity index (χ2n) is 7.49. The SMILES string of the molecule is O=C(c1ccccc1Cl)N1CCCN(C(=O)c2cccnc2N2CCCC2)CC1. The van der Waals surface area contributed by atoms with Crippen molar-refractivity contribution in [2.75, 3.05) is 44.2 Å². The van der Waals surface area contributed by atoms with Gasteiger partial charge in [0.05, 0.1) is 16.1 Å². The summed E-state index contributed by atoms with van der Waals surface area (Å²) in [7, 11) is 0. The maximum atomic E-state index is 13.3. The van der Waals surface area contributed by atoms with E-state index in [1.165, 1.54) is 0 Å². The molecule has 1 aromatic heterocycles. The van der Waals surface area contributed by atoms with Gasteiger partial charge >= 0.3 is 0 Å². The summed E-state index contributed by atoms with van der Waals surface area (Å²) in [5.74, 6) is 0.694. The van der Waals surface area contributed by atoms with Crippen LogP contribution in [-0.4, -0.2) is 65.9 Å². The van der Waals surface area contributed by atoms with Crippen molar-refractivity contribution in [2.24, 2.45) is 0 Å². The smallest absolute Gasteiger partial charge is 0.257 e. The molecule has 0 N–H and O–H groups in total. The van der Waals surface area contributed by atoms with Crippen molar-refractivity contribution in [3.63, 3.8) is 0 Å². The summed E-state index contributed by atoms with van der Waals surface area (Å²) < 4.78 is 0. The Morgan fingerprint density at radius 3 is 2.07 bits per heavy atom. The first-order chi connectivity index (χ1) is 14.1. The van der Waals surface area contributed by atoms with Crippen LogP contribution in [-0.2, 0) is 0 Å². The number of anilines is 1. The number of carbonyl (C=O) groups excluding carboxylic acids is 2. The van der Waals surface area contributed by atoms with Crippen LogP contribution < -0.4 is 4.90 Å². The summed E-state index contributed by atoms with van der Waals surface area (Å²) in [6.07, 6.45) is 4.75. The molecule has 29 heavy (non-hydrogen) atoms. The Morgan fingerprint density at radius 1 is 0.759 bits per heavy atom. The number of nitrogens with zero attached hydrogens (tertiary/aromatic N) is 4. The van der Waals surface area contributed by atoms with Crippen LogP contribution in [0.25, 0.3) is 0 Å². The van der Waals surface area contributed by atoms with Crippen molar-refractivity contribution in [3.8, 4) is 0 Å². The fraction of sp³-hybridized carbons (Fsp3) is 0.409. The number of amides is 2. The minimum atomic E-state index is -0.0796. The molecule has 2 saturated heterocycles. The van der Waals surface area contributed by atoms with Gasteiger partial charge in [0.2, 0.25) is 0 Å². The molecule has 0 spiro atoms. The Labute approximate surface area is 176 Å². The van der Waals surface area contributed by atoms with Crippen molar-refractivity contribution in [3.05, 3.63) is 58.7 Å². The molecule has 2 amide bonds. The number of carbonyl (C=O) groups is 2. The van der Waals surface area contributed by atoms with Crippen LogP contribution in [0.15, 0.2) is 42.6 Å². The van der Waals surface area contributed by atoms with E-state index in [-0.39, 0.29) is 11.8 Å². The largest absolute Gasteiger partial charge is 0.356 e. The molecule has 2 fully saturated rings. The molecule has 2 aliphatic rings. The molecule has 0 atom stereocenters. The van der Waals surface area contributed by atoms with Crippen molar-refractivity contribution in [2.45, 2.75) is 19.3 Å². The third-order valence-electron chi connectivity index (χ3n) is 5.60. The molecule has 2 aromatic rings. The third kappa shape index (κ3) is 4.22. The van der Waals surface area contributed by atoms with E-state index in [9.17, 15) is 9.59 Å². The zero-order chi connectivity index (χ0) is 20.2. The van der Waals surface area contributed by atoms with Crippen LogP contribution in [0.2, 0.25) is 5.02 Å². The van der Waals surface area contributed by atoms with Crippen molar-refractivity contribution in [1.29, 1.82) is 0 Å². The minimum absolute atomic E-state index is 0.00737. The summed E-state index contributed by atoms with van der Waals surface area (Å²) in [5.41, 5.74) is 1.16. The van der Waals surface area contributed by atoms with E-state index in [0.717, 1.165) is 38.2 Å². The van der Waals surface area contributed by atoms with Gasteiger partial charge in [0.25, 0.3) is 11.8 Å². The Morgan fingerprint density at radius 2 is 1.38 bits per heavy atom. The van der Waals surface area contributed by atoms with Gasteiger partial charge in [0.15, 0.2) is 0 Å². The molecule has 0 aliphatic carbocycles. The maximum absolute atomic E-state index is 13.3. The normalized spacial score (nSPS) is 17.3. The standard InChI is InChI=1S/C22H25ClN4O2/c23-19-9-2-1-7-17(19)21(28)26-13-6-14-27(16-15-26)22(29)18-8-5-10-24-20(18)25-11-3-4-12-25/h1-2,5,7-10H,3-4,6,11-16H2. The summed E-state index contributed by atoms with van der Waals surface area (Å²) in [6, 6.07) is 10.8. The predicted octanol–water partition coefficient (Wildman–Crippen LogP) is 3.32. The third-order valence-corrected chi connectivity index (χ3v) is 5.93. The highest BCUT2D eigenvalue weighted by atomic mass is 35.5. The van der Waals surface area contributed by atoms with E-state index in [1.807, 2.05) is 29.2 Å². The van der Waals surface area contributed by atoms with E-state index in [1.54, 1.807) is 23.2 Å². The highest BCUT2D eigenvalue weighted by Crippen LogP contribution is 2.24. The number of aromatic nitrogens is 1. The van der Waals surface area contributed by atoms with Gasteiger partial charge in [-0.05, 0) is 43.5 Å². The number of hydrogen-bond donors (Lipinski definition) is 0. The fourth-order valence-electron chi connectivity index (χ4n) is 4.04. The zero-order valence-electron chi connectivity index (χ0n) is 16.4. The number of rotatable bonds is 3. The first-order valence-electron chi connectivity index (χ1n) is 10.2. The molecule has 0 unspecified atom stereocenters. The van der Waals surface area contributed by atoms with E-state index in [4.69, 9.17) is 11.6 Å². The average molecular weight is 413 g/mol. The van der Waals surface area contributed by atoms with Gasteiger partial charge in [0, 0.05) is 45.5 Å². The van der Waals surface area contributed by atoms with Crippen molar-refractivity contribution in [1.82, 2.24) is 14.8 Å². The van der Waals surface area contributed by atoms with Crippen molar-refractivity contribution >= 4 is 29.2 Å². The van der Waals surface area contributed by atoms with Gasteiger partial charge in [-0.2, -0.15) is 0 Å². The number of halogens is 1. The average Bonchev–Trinajstić information content (AvgIpc) is 3.17. The quantitative estimate of drug-likeness (QED) is 0.776. The van der Waals surface area contributed by atoms with E-state index >= 15 is 0 Å². The van der Waals surface area contributed by atoms with Crippen LogP contribution in [0.5, 0.6) is 0 Å². The minimum Gasteiger partial charge on any atom is -0.356 e. The lowest BCUT2D eigenvalue weighted by Crippen LogP contribution is -2.38. The highest BCUT2D eigenvalue weighted by Gasteiger charge is 2.27. The van der Waals surface area contributed by atoms with Crippen LogP contribution in [0.3, 0.4) is 0 Å². The van der Waals surface area contributed by atoms with E-state index in [2.05, 4.69) is 9.88 Å². The number of benzene rings is 1. The molecular formula is C22H25ClN4O2. The Bertz CT molecular complexity index is 898. The molecule has 0 bridgehead atoms.